The van der Waals surface area contributed by atoms with Gasteiger partial charge in [-0.3, -0.25) is 4.98 Å². The molecule has 0 aliphatic heterocycles. The van der Waals surface area contributed by atoms with Crippen molar-refractivity contribution in [3.8, 4) is 22.2 Å². The number of methoxy groups -OCH3 is 2. The van der Waals surface area contributed by atoms with Gasteiger partial charge in [0.05, 0.1) is 25.6 Å². The maximum Gasteiger partial charge on any atom is 0.244 e. The monoisotopic (exact) mass is 405 g/mol. The molecular formula is C18H19N3O4S2. The summed E-state index contributed by atoms with van der Waals surface area (Å²) < 4.78 is 38.1. The van der Waals surface area contributed by atoms with Crippen molar-refractivity contribution in [2.45, 2.75) is 11.3 Å². The van der Waals surface area contributed by atoms with E-state index >= 15 is 0 Å². The van der Waals surface area contributed by atoms with E-state index in [1.807, 2.05) is 23.6 Å². The Balaban J connectivity index is 1.67. The maximum atomic E-state index is 12.6. The van der Waals surface area contributed by atoms with Crippen LogP contribution in [0.4, 0.5) is 0 Å². The van der Waals surface area contributed by atoms with Crippen LogP contribution in [0.25, 0.3) is 10.7 Å². The number of rotatable bonds is 8. The number of hydrogen-bond acceptors (Lipinski definition) is 7. The van der Waals surface area contributed by atoms with Gasteiger partial charge in [0.25, 0.3) is 0 Å². The van der Waals surface area contributed by atoms with Crippen LogP contribution in [0.1, 0.15) is 5.69 Å². The lowest BCUT2D eigenvalue weighted by Gasteiger charge is -2.11. The van der Waals surface area contributed by atoms with Gasteiger partial charge in [0, 0.05) is 30.6 Å². The number of nitrogens with one attached hydrogen (secondary N) is 1. The van der Waals surface area contributed by atoms with Gasteiger partial charge in [-0.1, -0.05) is 6.07 Å². The van der Waals surface area contributed by atoms with Gasteiger partial charge in [0.2, 0.25) is 10.0 Å². The van der Waals surface area contributed by atoms with Crippen LogP contribution in [-0.4, -0.2) is 39.2 Å². The number of pyridine rings is 1. The number of ether oxygens (including phenoxy) is 2. The van der Waals surface area contributed by atoms with Crippen molar-refractivity contribution in [3.05, 3.63) is 53.7 Å². The fourth-order valence-corrected chi connectivity index (χ4v) is 4.46. The number of nitrogens with zero attached hydrogens (tertiary/aromatic N) is 2. The van der Waals surface area contributed by atoms with Crippen LogP contribution in [0.3, 0.4) is 0 Å². The summed E-state index contributed by atoms with van der Waals surface area (Å²) in [5.41, 5.74) is 1.61. The molecule has 0 saturated heterocycles. The van der Waals surface area contributed by atoms with Gasteiger partial charge >= 0.3 is 0 Å². The van der Waals surface area contributed by atoms with E-state index in [1.165, 1.54) is 31.6 Å². The summed E-state index contributed by atoms with van der Waals surface area (Å²) in [6.45, 7) is 0.216. The Morgan fingerprint density at radius 3 is 2.70 bits per heavy atom. The molecule has 2 heterocycles. The zero-order valence-corrected chi connectivity index (χ0v) is 16.5. The summed E-state index contributed by atoms with van der Waals surface area (Å²) in [6, 6.07) is 10.3. The van der Waals surface area contributed by atoms with E-state index in [1.54, 1.807) is 18.3 Å². The van der Waals surface area contributed by atoms with Crippen LogP contribution >= 0.6 is 11.3 Å². The van der Waals surface area contributed by atoms with Gasteiger partial charge in [-0.25, -0.2) is 18.1 Å². The highest BCUT2D eigenvalue weighted by atomic mass is 32.2. The molecular weight excluding hydrogens is 386 g/mol. The van der Waals surface area contributed by atoms with Gasteiger partial charge in [-0.05, 0) is 24.3 Å². The van der Waals surface area contributed by atoms with Crippen molar-refractivity contribution in [2.75, 3.05) is 20.8 Å². The largest absolute Gasteiger partial charge is 0.497 e. The third-order valence-corrected chi connectivity index (χ3v) is 6.17. The fourth-order valence-electron chi connectivity index (χ4n) is 2.41. The minimum Gasteiger partial charge on any atom is -0.497 e. The Morgan fingerprint density at radius 1 is 1.15 bits per heavy atom. The summed E-state index contributed by atoms with van der Waals surface area (Å²) in [4.78, 5) is 8.82. The molecule has 9 heteroatoms. The van der Waals surface area contributed by atoms with Crippen molar-refractivity contribution in [3.63, 3.8) is 0 Å². The molecule has 142 valence electrons. The molecule has 0 fully saturated rings. The topological polar surface area (TPSA) is 90.4 Å². The molecule has 3 aromatic rings. The highest BCUT2D eigenvalue weighted by Crippen LogP contribution is 2.28. The fraction of sp³-hybridized carbons (Fsp3) is 0.222. The molecule has 0 atom stereocenters. The van der Waals surface area contributed by atoms with Crippen molar-refractivity contribution >= 4 is 21.4 Å². The predicted molar refractivity (Wildman–Crippen MR) is 104 cm³/mol. The van der Waals surface area contributed by atoms with E-state index in [4.69, 9.17) is 9.47 Å². The highest BCUT2D eigenvalue weighted by Gasteiger charge is 2.20. The summed E-state index contributed by atoms with van der Waals surface area (Å²) in [6.07, 6.45) is 2.18. The molecule has 1 N–H and O–H groups in total. The first kappa shape index (κ1) is 19.3. The minimum atomic E-state index is -3.74. The molecule has 0 spiro atoms. The summed E-state index contributed by atoms with van der Waals surface area (Å²) in [7, 11) is -0.838. The molecule has 2 aromatic heterocycles. The Hall–Kier alpha value is -2.49. The number of benzene rings is 1. The molecule has 7 nitrogen and oxygen atoms in total. The molecule has 0 aliphatic carbocycles. The molecule has 0 saturated carbocycles. The minimum absolute atomic E-state index is 0.0387. The average molecular weight is 406 g/mol. The average Bonchev–Trinajstić information content (AvgIpc) is 3.17. The van der Waals surface area contributed by atoms with E-state index in [0.29, 0.717) is 12.2 Å². The SMILES string of the molecule is COc1ccc(OC)c(S(=O)(=O)NCCc2csc(-c3ccccn3)n2)c1. The Kier molecular flexibility index (Phi) is 6.04. The van der Waals surface area contributed by atoms with Crippen LogP contribution in [0.2, 0.25) is 0 Å². The second-order valence-corrected chi connectivity index (χ2v) is 8.12. The Bertz CT molecular complexity index is 1000. The van der Waals surface area contributed by atoms with E-state index < -0.39 is 10.0 Å². The van der Waals surface area contributed by atoms with Crippen molar-refractivity contribution in [1.29, 1.82) is 0 Å². The molecule has 3 rings (SSSR count). The molecule has 0 unspecified atom stereocenters. The van der Waals surface area contributed by atoms with Crippen molar-refractivity contribution in [2.24, 2.45) is 0 Å². The van der Waals surface area contributed by atoms with E-state index in [0.717, 1.165) is 16.4 Å². The number of aromatic nitrogens is 2. The second-order valence-electron chi connectivity index (χ2n) is 5.52. The van der Waals surface area contributed by atoms with Crippen LogP contribution in [0, 0.1) is 0 Å². The first-order valence-electron chi connectivity index (χ1n) is 8.11. The van der Waals surface area contributed by atoms with Crippen LogP contribution in [0.15, 0.2) is 52.9 Å². The van der Waals surface area contributed by atoms with Gasteiger partial charge < -0.3 is 9.47 Å². The summed E-state index contributed by atoms with van der Waals surface area (Å²) in [5.74, 6) is 0.699. The number of hydrogen-bond donors (Lipinski definition) is 1. The van der Waals surface area contributed by atoms with Crippen molar-refractivity contribution in [1.82, 2.24) is 14.7 Å². The lowest BCUT2D eigenvalue weighted by atomic mass is 10.3. The highest BCUT2D eigenvalue weighted by molar-refractivity contribution is 7.89. The van der Waals surface area contributed by atoms with E-state index in [2.05, 4.69) is 14.7 Å². The molecule has 0 radical (unpaired) electrons. The normalized spacial score (nSPS) is 11.3. The number of sulfonamides is 1. The van der Waals surface area contributed by atoms with Gasteiger partial charge in [-0.2, -0.15) is 0 Å². The summed E-state index contributed by atoms with van der Waals surface area (Å²) in [5, 5.41) is 2.72. The standard InChI is InChI=1S/C18H19N3O4S2/c1-24-14-6-7-16(25-2)17(11-14)27(22,23)20-10-8-13-12-26-18(21-13)15-5-3-4-9-19-15/h3-7,9,11-12,20H,8,10H2,1-2H3. The third kappa shape index (κ3) is 4.62. The van der Waals surface area contributed by atoms with Crippen LogP contribution in [0.5, 0.6) is 11.5 Å². The van der Waals surface area contributed by atoms with Crippen molar-refractivity contribution < 1.29 is 17.9 Å². The quantitative estimate of drug-likeness (QED) is 0.620. The lowest BCUT2D eigenvalue weighted by molar-refractivity contribution is 0.392. The van der Waals surface area contributed by atoms with Crippen LogP contribution < -0.4 is 14.2 Å². The van der Waals surface area contributed by atoms with E-state index in [-0.39, 0.29) is 17.2 Å². The Morgan fingerprint density at radius 2 is 2.00 bits per heavy atom. The molecule has 0 bridgehead atoms. The zero-order valence-electron chi connectivity index (χ0n) is 14.9. The molecule has 1 aromatic carbocycles. The first-order chi connectivity index (χ1) is 13.0. The second kappa shape index (κ2) is 8.47. The molecule has 0 aliphatic rings. The van der Waals surface area contributed by atoms with Gasteiger partial charge in [0.1, 0.15) is 21.4 Å². The van der Waals surface area contributed by atoms with E-state index in [9.17, 15) is 8.42 Å². The van der Waals surface area contributed by atoms with Crippen LogP contribution in [-0.2, 0) is 16.4 Å². The first-order valence-corrected chi connectivity index (χ1v) is 10.5. The van der Waals surface area contributed by atoms with Gasteiger partial charge in [0.15, 0.2) is 0 Å². The zero-order chi connectivity index (χ0) is 19.3. The smallest absolute Gasteiger partial charge is 0.244 e. The predicted octanol–water partition coefficient (Wildman–Crippen LogP) is 2.74. The lowest BCUT2D eigenvalue weighted by Crippen LogP contribution is -2.26. The van der Waals surface area contributed by atoms with Gasteiger partial charge in [-0.15, -0.1) is 11.3 Å². The molecule has 0 amide bonds. The third-order valence-electron chi connectivity index (χ3n) is 3.77. The Labute approximate surface area is 162 Å². The maximum absolute atomic E-state index is 12.6. The molecule has 27 heavy (non-hydrogen) atoms. The number of thiazole rings is 1. The summed E-state index contributed by atoms with van der Waals surface area (Å²) >= 11 is 1.48.